The van der Waals surface area contributed by atoms with E-state index in [1.54, 1.807) is 0 Å². The quantitative estimate of drug-likeness (QED) is 0.754. The zero-order chi connectivity index (χ0) is 12.1. The predicted molar refractivity (Wildman–Crippen MR) is 74.3 cm³/mol. The third-order valence-corrected chi connectivity index (χ3v) is 3.83. The molecule has 1 N–H and O–H groups in total. The average Bonchev–Trinajstić information content (AvgIpc) is 3.12. The van der Waals surface area contributed by atoms with Crippen LogP contribution < -0.4 is 5.32 Å². The Labute approximate surface area is 106 Å². The predicted octanol–water partition coefficient (Wildman–Crippen LogP) is 3.71. The second kappa shape index (κ2) is 6.20. The molecule has 2 rings (SSSR count). The third kappa shape index (κ3) is 4.16. The summed E-state index contributed by atoms with van der Waals surface area (Å²) in [6.07, 6.45) is 6.82. The van der Waals surface area contributed by atoms with E-state index in [-0.39, 0.29) is 0 Å². The minimum absolute atomic E-state index is 0.729. The van der Waals surface area contributed by atoms with Crippen molar-refractivity contribution in [2.45, 2.75) is 52.0 Å². The zero-order valence-electron chi connectivity index (χ0n) is 11.2. The van der Waals surface area contributed by atoms with Gasteiger partial charge in [0, 0.05) is 6.04 Å². The lowest BCUT2D eigenvalue weighted by Gasteiger charge is -2.18. The number of hydrogen-bond acceptors (Lipinski definition) is 1. The minimum Gasteiger partial charge on any atom is -0.314 e. The molecule has 0 bridgehead atoms. The highest BCUT2D eigenvalue weighted by atomic mass is 14.9. The number of benzene rings is 1. The van der Waals surface area contributed by atoms with Crippen LogP contribution in [0.25, 0.3) is 0 Å². The van der Waals surface area contributed by atoms with Crippen LogP contribution in [-0.2, 0) is 6.42 Å². The van der Waals surface area contributed by atoms with Crippen molar-refractivity contribution in [2.75, 3.05) is 6.54 Å². The van der Waals surface area contributed by atoms with E-state index >= 15 is 0 Å². The third-order valence-electron chi connectivity index (χ3n) is 3.83. The van der Waals surface area contributed by atoms with Crippen LogP contribution in [0.3, 0.4) is 0 Å². The van der Waals surface area contributed by atoms with Gasteiger partial charge in [0.25, 0.3) is 0 Å². The molecule has 94 valence electrons. The molecule has 1 aliphatic carbocycles. The molecule has 1 aromatic rings. The Kier molecular flexibility index (Phi) is 4.61. The largest absolute Gasteiger partial charge is 0.314 e. The van der Waals surface area contributed by atoms with Crippen LogP contribution in [0.4, 0.5) is 0 Å². The van der Waals surface area contributed by atoms with Gasteiger partial charge in [0.05, 0.1) is 0 Å². The van der Waals surface area contributed by atoms with Crippen LogP contribution in [0, 0.1) is 12.8 Å². The molecule has 0 heterocycles. The second-order valence-corrected chi connectivity index (χ2v) is 5.40. The summed E-state index contributed by atoms with van der Waals surface area (Å²) in [6.45, 7) is 5.54. The van der Waals surface area contributed by atoms with Crippen LogP contribution in [0.1, 0.15) is 43.7 Å². The number of nitrogens with one attached hydrogen (secondary N) is 1. The van der Waals surface area contributed by atoms with E-state index < -0.39 is 0 Å². The van der Waals surface area contributed by atoms with Gasteiger partial charge in [-0.2, -0.15) is 0 Å². The van der Waals surface area contributed by atoms with Crippen molar-refractivity contribution in [3.05, 3.63) is 35.4 Å². The van der Waals surface area contributed by atoms with Gasteiger partial charge in [-0.05, 0) is 49.8 Å². The monoisotopic (exact) mass is 231 g/mol. The molecule has 17 heavy (non-hydrogen) atoms. The van der Waals surface area contributed by atoms with Gasteiger partial charge in [-0.15, -0.1) is 0 Å². The lowest BCUT2D eigenvalue weighted by Crippen LogP contribution is -2.29. The zero-order valence-corrected chi connectivity index (χ0v) is 11.2. The van der Waals surface area contributed by atoms with E-state index in [4.69, 9.17) is 0 Å². The molecule has 1 atom stereocenters. The first-order chi connectivity index (χ1) is 8.29. The van der Waals surface area contributed by atoms with Crippen molar-refractivity contribution < 1.29 is 0 Å². The molecule has 1 nitrogen and oxygen atoms in total. The Balaban J connectivity index is 1.83. The molecule has 1 aromatic carbocycles. The molecule has 1 unspecified atom stereocenters. The Morgan fingerprint density at radius 2 is 2.06 bits per heavy atom. The van der Waals surface area contributed by atoms with Gasteiger partial charge in [0.2, 0.25) is 0 Å². The van der Waals surface area contributed by atoms with Gasteiger partial charge in [0.1, 0.15) is 0 Å². The summed E-state index contributed by atoms with van der Waals surface area (Å²) in [5.41, 5.74) is 2.96. The van der Waals surface area contributed by atoms with Crippen molar-refractivity contribution in [3.8, 4) is 0 Å². The van der Waals surface area contributed by atoms with E-state index in [0.717, 1.165) is 18.5 Å². The van der Waals surface area contributed by atoms with Crippen molar-refractivity contribution in [1.29, 1.82) is 0 Å². The first-order valence-electron chi connectivity index (χ1n) is 7.07. The molecule has 0 radical (unpaired) electrons. The lowest BCUT2D eigenvalue weighted by molar-refractivity contribution is 0.442. The van der Waals surface area contributed by atoms with E-state index in [0.29, 0.717) is 0 Å². The van der Waals surface area contributed by atoms with Crippen molar-refractivity contribution >= 4 is 0 Å². The molecular formula is C16H25N. The minimum atomic E-state index is 0.729. The fraction of sp³-hybridized carbons (Fsp3) is 0.625. The Morgan fingerprint density at radius 3 is 2.71 bits per heavy atom. The summed E-state index contributed by atoms with van der Waals surface area (Å²) in [7, 11) is 0. The van der Waals surface area contributed by atoms with Crippen LogP contribution in [0.15, 0.2) is 24.3 Å². The van der Waals surface area contributed by atoms with Gasteiger partial charge in [-0.25, -0.2) is 0 Å². The summed E-state index contributed by atoms with van der Waals surface area (Å²) >= 11 is 0. The summed E-state index contributed by atoms with van der Waals surface area (Å²) in [4.78, 5) is 0. The average molecular weight is 231 g/mol. The number of aryl methyl sites for hydroxylation is 2. The standard InChI is InChI=1S/C16H25N/c1-3-17-16(12-14-8-9-14)11-10-15-7-5-4-6-13(15)2/h4-7,14,16-17H,3,8-12H2,1-2H3. The highest BCUT2D eigenvalue weighted by Gasteiger charge is 2.24. The summed E-state index contributed by atoms with van der Waals surface area (Å²) in [6, 6.07) is 9.51. The van der Waals surface area contributed by atoms with Crippen molar-refractivity contribution in [2.24, 2.45) is 5.92 Å². The summed E-state index contributed by atoms with van der Waals surface area (Å²) in [5, 5.41) is 3.64. The fourth-order valence-corrected chi connectivity index (χ4v) is 2.57. The molecule has 1 aliphatic rings. The van der Waals surface area contributed by atoms with Gasteiger partial charge >= 0.3 is 0 Å². The van der Waals surface area contributed by atoms with Gasteiger partial charge in [-0.3, -0.25) is 0 Å². The maximum atomic E-state index is 3.64. The van der Waals surface area contributed by atoms with Crippen LogP contribution in [0.2, 0.25) is 0 Å². The molecule has 0 saturated heterocycles. The van der Waals surface area contributed by atoms with Crippen LogP contribution in [-0.4, -0.2) is 12.6 Å². The van der Waals surface area contributed by atoms with Gasteiger partial charge < -0.3 is 5.32 Å². The van der Waals surface area contributed by atoms with E-state index in [2.05, 4.69) is 43.4 Å². The van der Waals surface area contributed by atoms with Crippen molar-refractivity contribution in [1.82, 2.24) is 5.32 Å². The van der Waals surface area contributed by atoms with Crippen molar-refractivity contribution in [3.63, 3.8) is 0 Å². The summed E-state index contributed by atoms with van der Waals surface area (Å²) < 4.78 is 0. The Morgan fingerprint density at radius 1 is 1.29 bits per heavy atom. The topological polar surface area (TPSA) is 12.0 Å². The molecule has 0 aliphatic heterocycles. The second-order valence-electron chi connectivity index (χ2n) is 5.40. The normalized spacial score (nSPS) is 17.1. The van der Waals surface area contributed by atoms with E-state index in [1.165, 1.54) is 43.2 Å². The van der Waals surface area contributed by atoms with Gasteiger partial charge in [-0.1, -0.05) is 44.0 Å². The highest BCUT2D eigenvalue weighted by Crippen LogP contribution is 2.34. The molecule has 1 heteroatoms. The Hall–Kier alpha value is -0.820. The smallest absolute Gasteiger partial charge is 0.00727 e. The lowest BCUT2D eigenvalue weighted by atomic mass is 9.98. The SMILES string of the molecule is CCNC(CCc1ccccc1C)CC1CC1. The summed E-state index contributed by atoms with van der Waals surface area (Å²) in [5.74, 6) is 1.02. The van der Waals surface area contributed by atoms with E-state index in [1.807, 2.05) is 0 Å². The Bertz CT molecular complexity index is 341. The first-order valence-corrected chi connectivity index (χ1v) is 7.07. The molecule has 0 aromatic heterocycles. The van der Waals surface area contributed by atoms with Crippen LogP contribution >= 0.6 is 0 Å². The first kappa shape index (κ1) is 12.6. The maximum absolute atomic E-state index is 3.64. The number of rotatable bonds is 7. The fourth-order valence-electron chi connectivity index (χ4n) is 2.57. The van der Waals surface area contributed by atoms with Gasteiger partial charge in [0.15, 0.2) is 0 Å². The number of hydrogen-bond donors (Lipinski definition) is 1. The molecule has 1 saturated carbocycles. The van der Waals surface area contributed by atoms with Crippen LogP contribution in [0.5, 0.6) is 0 Å². The maximum Gasteiger partial charge on any atom is 0.00727 e. The highest BCUT2D eigenvalue weighted by molar-refractivity contribution is 5.25. The molecule has 0 amide bonds. The van der Waals surface area contributed by atoms with E-state index in [9.17, 15) is 0 Å². The molecule has 1 fully saturated rings. The molecule has 0 spiro atoms. The molecular weight excluding hydrogens is 206 g/mol.